The average Bonchev–Trinajstić information content (AvgIpc) is 3.38. The van der Waals surface area contributed by atoms with E-state index in [2.05, 4.69) is 15.5 Å². The molecule has 1 N–H and O–H groups in total. The van der Waals surface area contributed by atoms with E-state index in [0.29, 0.717) is 43.5 Å². The van der Waals surface area contributed by atoms with Crippen molar-refractivity contribution >= 4 is 28.5 Å². The number of nitriles is 1. The second kappa shape index (κ2) is 14.1. The summed E-state index contributed by atoms with van der Waals surface area (Å²) in [6.07, 6.45) is -3.42. The summed E-state index contributed by atoms with van der Waals surface area (Å²) in [5, 5.41) is 16.3. The summed E-state index contributed by atoms with van der Waals surface area (Å²) in [6.45, 7) is 5.45. The van der Waals surface area contributed by atoms with Crippen LogP contribution in [0.25, 0.3) is 6.08 Å². The van der Waals surface area contributed by atoms with E-state index in [1.807, 2.05) is 31.2 Å². The van der Waals surface area contributed by atoms with E-state index < -0.39 is 17.1 Å². The molecule has 1 heterocycles. The van der Waals surface area contributed by atoms with Crippen LogP contribution in [0.3, 0.4) is 0 Å². The molecular weight excluding hydrogens is 537 g/mol. The number of halogens is 3. The maximum absolute atomic E-state index is 12.7. The molecule has 0 atom stereocenters. The summed E-state index contributed by atoms with van der Waals surface area (Å²) >= 11 is 0.157. The van der Waals surface area contributed by atoms with Crippen LogP contribution in [0.4, 0.5) is 18.3 Å². The Labute approximate surface area is 226 Å². The number of carbonyl (C=O) groups excluding carboxylic acids is 1. The van der Waals surface area contributed by atoms with E-state index in [1.54, 1.807) is 31.2 Å². The minimum atomic E-state index is -4.68. The van der Waals surface area contributed by atoms with Gasteiger partial charge in [0, 0.05) is 0 Å². The number of rotatable bonds is 13. The summed E-state index contributed by atoms with van der Waals surface area (Å²) in [7, 11) is 0. The van der Waals surface area contributed by atoms with E-state index in [0.717, 1.165) is 11.3 Å². The Morgan fingerprint density at radius 3 is 2.38 bits per heavy atom. The third-order valence-electron chi connectivity index (χ3n) is 4.83. The summed E-state index contributed by atoms with van der Waals surface area (Å²) in [6, 6.07) is 14.2. The molecule has 0 saturated heterocycles. The SMILES string of the molecule is CCOc1cc(C=C(C#N)C(=O)Nc2nnc(C(F)(F)F)s2)ccc1OCCOCCOc1ccc(C)cc1. The van der Waals surface area contributed by atoms with Gasteiger partial charge in [-0.3, -0.25) is 10.1 Å². The van der Waals surface area contributed by atoms with Gasteiger partial charge in [-0.05, 0) is 49.8 Å². The number of hydrogen-bond acceptors (Lipinski definition) is 9. The quantitative estimate of drug-likeness (QED) is 0.170. The Hall–Kier alpha value is -4.15. The molecule has 2 aromatic carbocycles. The van der Waals surface area contributed by atoms with Crippen LogP contribution < -0.4 is 19.5 Å². The van der Waals surface area contributed by atoms with E-state index in [9.17, 15) is 23.2 Å². The van der Waals surface area contributed by atoms with Gasteiger partial charge in [0.2, 0.25) is 10.1 Å². The minimum Gasteiger partial charge on any atom is -0.491 e. The zero-order valence-corrected chi connectivity index (χ0v) is 21.9. The number of ether oxygens (including phenoxy) is 4. The van der Waals surface area contributed by atoms with Crippen molar-refractivity contribution in [2.75, 3.05) is 38.4 Å². The van der Waals surface area contributed by atoms with Crippen molar-refractivity contribution in [2.24, 2.45) is 0 Å². The second-order valence-electron chi connectivity index (χ2n) is 7.80. The first kappa shape index (κ1) is 29.4. The summed E-state index contributed by atoms with van der Waals surface area (Å²) in [5.41, 5.74) is 1.24. The standard InChI is InChI=1S/C26H25F3N4O5S/c1-3-36-22-15-18(14-19(16-30)23(34)31-25-33-32-24(39-25)26(27,28)29)6-9-21(22)38-13-11-35-10-12-37-20-7-4-17(2)5-8-20/h4-9,14-15H,3,10-13H2,1-2H3,(H,31,33,34). The first-order chi connectivity index (χ1) is 18.7. The number of nitrogens with zero attached hydrogens (tertiary/aromatic N) is 3. The predicted molar refractivity (Wildman–Crippen MR) is 138 cm³/mol. The van der Waals surface area contributed by atoms with E-state index in [1.165, 1.54) is 6.08 Å². The minimum absolute atomic E-state index is 0.157. The maximum Gasteiger partial charge on any atom is 0.445 e. The number of carbonyl (C=O) groups is 1. The number of benzene rings is 2. The molecule has 0 radical (unpaired) electrons. The first-order valence-corrected chi connectivity index (χ1v) is 12.5. The molecule has 0 unspecified atom stereocenters. The fourth-order valence-electron chi connectivity index (χ4n) is 3.04. The molecule has 0 bridgehead atoms. The summed E-state index contributed by atoms with van der Waals surface area (Å²) in [4.78, 5) is 12.4. The van der Waals surface area contributed by atoms with Gasteiger partial charge in [0.15, 0.2) is 11.5 Å². The lowest BCUT2D eigenvalue weighted by Gasteiger charge is -2.13. The van der Waals surface area contributed by atoms with Gasteiger partial charge in [-0.1, -0.05) is 35.1 Å². The molecule has 0 aliphatic carbocycles. The highest BCUT2D eigenvalue weighted by Gasteiger charge is 2.35. The molecule has 0 spiro atoms. The molecule has 0 aliphatic rings. The normalized spacial score (nSPS) is 11.5. The molecular formula is C26H25F3N4O5S. The van der Waals surface area contributed by atoms with Crippen LogP contribution in [0.5, 0.6) is 17.2 Å². The number of nitrogens with one attached hydrogen (secondary N) is 1. The zero-order valence-electron chi connectivity index (χ0n) is 21.1. The van der Waals surface area contributed by atoms with Crippen LogP contribution >= 0.6 is 11.3 Å². The lowest BCUT2D eigenvalue weighted by atomic mass is 10.1. The number of aromatic nitrogens is 2. The third kappa shape index (κ3) is 9.27. The lowest BCUT2D eigenvalue weighted by molar-refractivity contribution is -0.138. The van der Waals surface area contributed by atoms with Gasteiger partial charge in [-0.25, -0.2) is 0 Å². The topological polar surface area (TPSA) is 116 Å². The van der Waals surface area contributed by atoms with E-state index in [4.69, 9.17) is 18.9 Å². The van der Waals surface area contributed by atoms with Crippen molar-refractivity contribution in [3.63, 3.8) is 0 Å². The molecule has 0 fully saturated rings. The predicted octanol–water partition coefficient (Wildman–Crippen LogP) is 5.28. The summed E-state index contributed by atoms with van der Waals surface area (Å²) in [5.74, 6) is 0.656. The fraction of sp³-hybridized carbons (Fsp3) is 0.308. The van der Waals surface area contributed by atoms with Gasteiger partial charge in [0.25, 0.3) is 5.91 Å². The second-order valence-corrected chi connectivity index (χ2v) is 8.77. The highest BCUT2D eigenvalue weighted by atomic mass is 32.1. The number of alkyl halides is 3. The van der Waals surface area contributed by atoms with Gasteiger partial charge < -0.3 is 18.9 Å². The molecule has 1 aromatic heterocycles. The molecule has 3 rings (SSSR count). The maximum atomic E-state index is 12.7. The Bertz CT molecular complexity index is 1320. The average molecular weight is 563 g/mol. The van der Waals surface area contributed by atoms with Crippen LogP contribution in [0.15, 0.2) is 48.0 Å². The van der Waals surface area contributed by atoms with Crippen molar-refractivity contribution in [3.8, 4) is 23.3 Å². The van der Waals surface area contributed by atoms with Crippen molar-refractivity contribution in [2.45, 2.75) is 20.0 Å². The lowest BCUT2D eigenvalue weighted by Crippen LogP contribution is -2.13. The Morgan fingerprint density at radius 1 is 1.03 bits per heavy atom. The van der Waals surface area contributed by atoms with Gasteiger partial charge in [-0.2, -0.15) is 18.4 Å². The third-order valence-corrected chi connectivity index (χ3v) is 5.72. The number of hydrogen-bond donors (Lipinski definition) is 1. The number of aryl methyl sites for hydroxylation is 1. The first-order valence-electron chi connectivity index (χ1n) is 11.7. The molecule has 0 aliphatic heterocycles. The monoisotopic (exact) mass is 562 g/mol. The van der Waals surface area contributed by atoms with Crippen LogP contribution in [-0.4, -0.2) is 49.1 Å². The number of anilines is 1. The Morgan fingerprint density at radius 2 is 1.74 bits per heavy atom. The van der Waals surface area contributed by atoms with E-state index in [-0.39, 0.29) is 28.6 Å². The van der Waals surface area contributed by atoms with Crippen molar-refractivity contribution in [1.29, 1.82) is 5.26 Å². The molecule has 13 heteroatoms. The van der Waals surface area contributed by atoms with E-state index >= 15 is 0 Å². The Kier molecular flexibility index (Phi) is 10.7. The number of amides is 1. The zero-order chi connectivity index (χ0) is 28.3. The molecule has 39 heavy (non-hydrogen) atoms. The van der Waals surface area contributed by atoms with Crippen molar-refractivity contribution < 1.29 is 36.9 Å². The molecule has 206 valence electrons. The molecule has 1 amide bonds. The van der Waals surface area contributed by atoms with Gasteiger partial charge in [-0.15, -0.1) is 10.2 Å². The summed E-state index contributed by atoms with van der Waals surface area (Å²) < 4.78 is 60.6. The van der Waals surface area contributed by atoms with Gasteiger partial charge in [0.1, 0.15) is 30.6 Å². The Balaban J connectivity index is 1.53. The van der Waals surface area contributed by atoms with Crippen molar-refractivity contribution in [3.05, 3.63) is 64.2 Å². The van der Waals surface area contributed by atoms with Gasteiger partial charge in [0.05, 0.1) is 19.8 Å². The fourth-order valence-corrected chi connectivity index (χ4v) is 3.64. The van der Waals surface area contributed by atoms with Crippen molar-refractivity contribution in [1.82, 2.24) is 10.2 Å². The highest BCUT2D eigenvalue weighted by Crippen LogP contribution is 2.33. The largest absolute Gasteiger partial charge is 0.491 e. The molecule has 3 aromatic rings. The van der Waals surface area contributed by atoms with Crippen LogP contribution in [-0.2, 0) is 15.7 Å². The molecule has 9 nitrogen and oxygen atoms in total. The van der Waals surface area contributed by atoms with Gasteiger partial charge >= 0.3 is 6.18 Å². The smallest absolute Gasteiger partial charge is 0.445 e. The van der Waals surface area contributed by atoms with Crippen LogP contribution in [0.2, 0.25) is 0 Å². The highest BCUT2D eigenvalue weighted by molar-refractivity contribution is 7.15. The molecule has 0 saturated carbocycles. The van der Waals surface area contributed by atoms with Crippen LogP contribution in [0.1, 0.15) is 23.1 Å². The van der Waals surface area contributed by atoms with Crippen LogP contribution in [0, 0.1) is 18.3 Å².